The third kappa shape index (κ3) is 10.2. The molecule has 2 aromatic carbocycles. The lowest BCUT2D eigenvalue weighted by Crippen LogP contribution is -2.49. The molecule has 43 heavy (non-hydrogen) atoms. The van der Waals surface area contributed by atoms with E-state index in [0.29, 0.717) is 42.8 Å². The van der Waals surface area contributed by atoms with Gasteiger partial charge in [-0.3, -0.25) is 4.79 Å². The Bertz CT molecular complexity index is 1340. The van der Waals surface area contributed by atoms with E-state index in [1.165, 1.54) is 7.11 Å². The number of guanidine groups is 1. The fourth-order valence-corrected chi connectivity index (χ4v) is 4.67. The number of para-hydroxylation sites is 1. The van der Waals surface area contributed by atoms with Gasteiger partial charge in [0.1, 0.15) is 5.75 Å². The van der Waals surface area contributed by atoms with E-state index in [2.05, 4.69) is 29.1 Å². The first-order valence-electron chi connectivity index (χ1n) is 13.7. The first-order valence-corrected chi connectivity index (χ1v) is 13.7. The molecule has 0 spiro atoms. The van der Waals surface area contributed by atoms with Crippen LogP contribution >= 0.6 is 27.0 Å². The van der Waals surface area contributed by atoms with Crippen LogP contribution in [0.25, 0.3) is 0 Å². The summed E-state index contributed by atoms with van der Waals surface area (Å²) >= 11 is 0. The number of nitrogens with zero attached hydrogens (tertiary/aromatic N) is 3. The molecule has 1 aromatic heterocycles. The van der Waals surface area contributed by atoms with E-state index >= 15 is 0 Å². The molecule has 1 aliphatic rings. The number of carbonyl (C=O) groups excluding carboxylic acids is 2. The standard InChI is InChI=1S/C31H37N5O5.2H2S/c1-21(2)27(14-15-28(37)34-26(30(38)39-3)20-40-19-22-10-6-4-7-11-22)36-18-23-16-29(33-17-25(23)35-31(36)32)41-24-12-8-5-9-13-24;;/h4-13,16-17,21,26-27H,14-15,18-20H2,1-3H3,(H2,32,35)(H,34,37);2*1H2/t26-,27-;;/m0../s1. The molecule has 0 aliphatic carbocycles. The molecule has 0 saturated heterocycles. The van der Waals surface area contributed by atoms with E-state index < -0.39 is 12.0 Å². The van der Waals surface area contributed by atoms with Gasteiger partial charge in [-0.15, -0.1) is 0 Å². The summed E-state index contributed by atoms with van der Waals surface area (Å²) in [4.78, 5) is 36.2. The maximum Gasteiger partial charge on any atom is 0.330 e. The number of benzene rings is 2. The molecule has 1 amide bonds. The Labute approximate surface area is 266 Å². The molecule has 0 fully saturated rings. The van der Waals surface area contributed by atoms with Gasteiger partial charge in [0.2, 0.25) is 11.8 Å². The smallest absolute Gasteiger partial charge is 0.330 e. The molecule has 0 radical (unpaired) electrons. The highest BCUT2D eigenvalue weighted by Gasteiger charge is 2.29. The average Bonchev–Trinajstić information content (AvgIpc) is 2.97. The summed E-state index contributed by atoms with van der Waals surface area (Å²) < 4.78 is 16.5. The second-order valence-electron chi connectivity index (χ2n) is 10.2. The van der Waals surface area contributed by atoms with Crippen LogP contribution in [0.5, 0.6) is 11.6 Å². The molecule has 2 heterocycles. The number of methoxy groups -OCH3 is 1. The van der Waals surface area contributed by atoms with Gasteiger partial charge in [0.25, 0.3) is 0 Å². The van der Waals surface area contributed by atoms with Crippen LogP contribution in [0.1, 0.15) is 37.8 Å². The molecule has 232 valence electrons. The highest BCUT2D eigenvalue weighted by Crippen LogP contribution is 2.32. The summed E-state index contributed by atoms with van der Waals surface area (Å²) in [5, 5.41) is 2.77. The zero-order valence-electron chi connectivity index (χ0n) is 24.7. The lowest BCUT2D eigenvalue weighted by atomic mass is 9.96. The molecule has 0 saturated carbocycles. The number of hydrogen-bond donors (Lipinski definition) is 2. The number of pyridine rings is 1. The van der Waals surface area contributed by atoms with E-state index in [9.17, 15) is 9.59 Å². The Kier molecular flexibility index (Phi) is 14.3. The number of nitrogens with one attached hydrogen (secondary N) is 1. The zero-order valence-corrected chi connectivity index (χ0v) is 26.7. The van der Waals surface area contributed by atoms with E-state index in [-0.39, 0.29) is 57.9 Å². The number of carbonyl (C=O) groups is 2. The topological polar surface area (TPSA) is 128 Å². The fraction of sp³-hybridized carbons (Fsp3) is 0.355. The monoisotopic (exact) mass is 627 g/mol. The Morgan fingerprint density at radius 3 is 2.37 bits per heavy atom. The minimum atomic E-state index is -0.905. The number of fused-ring (bicyclic) bond motifs is 1. The highest BCUT2D eigenvalue weighted by molar-refractivity contribution is 7.59. The van der Waals surface area contributed by atoms with E-state index in [4.69, 9.17) is 19.9 Å². The van der Waals surface area contributed by atoms with Crippen molar-refractivity contribution >= 4 is 50.5 Å². The quantitative estimate of drug-likeness (QED) is 0.265. The second kappa shape index (κ2) is 17.4. The minimum Gasteiger partial charge on any atom is -0.467 e. The van der Waals surface area contributed by atoms with Crippen LogP contribution in [0.15, 0.2) is 77.9 Å². The van der Waals surface area contributed by atoms with Crippen LogP contribution in [0, 0.1) is 5.92 Å². The second-order valence-corrected chi connectivity index (χ2v) is 10.2. The summed E-state index contributed by atoms with van der Waals surface area (Å²) in [6.07, 6.45) is 2.35. The molecule has 0 bridgehead atoms. The molecule has 2 atom stereocenters. The van der Waals surface area contributed by atoms with Gasteiger partial charge in [0, 0.05) is 30.6 Å². The van der Waals surface area contributed by atoms with Crippen LogP contribution in [0.4, 0.5) is 5.69 Å². The molecule has 4 rings (SSSR count). The summed E-state index contributed by atoms with van der Waals surface area (Å²) in [6, 6.07) is 19.9. The van der Waals surface area contributed by atoms with Crippen molar-refractivity contribution in [1.29, 1.82) is 0 Å². The predicted molar refractivity (Wildman–Crippen MR) is 176 cm³/mol. The molecule has 3 aromatic rings. The number of hydrogen-bond acceptors (Lipinski definition) is 9. The summed E-state index contributed by atoms with van der Waals surface area (Å²) in [7, 11) is 1.29. The van der Waals surface area contributed by atoms with Crippen molar-refractivity contribution < 1.29 is 23.8 Å². The van der Waals surface area contributed by atoms with E-state index in [1.54, 1.807) is 6.20 Å². The van der Waals surface area contributed by atoms with E-state index in [0.717, 1.165) is 11.1 Å². The molecule has 1 aliphatic heterocycles. The number of nitrogens with two attached hydrogens (primary N) is 1. The number of ether oxygens (including phenoxy) is 3. The predicted octanol–water partition coefficient (Wildman–Crippen LogP) is 4.54. The van der Waals surface area contributed by atoms with Gasteiger partial charge in [0.05, 0.1) is 32.2 Å². The van der Waals surface area contributed by atoms with Crippen LogP contribution in [0.3, 0.4) is 0 Å². The molecular weight excluding hydrogens is 587 g/mol. The fourth-order valence-electron chi connectivity index (χ4n) is 4.67. The molecule has 3 N–H and O–H groups in total. The van der Waals surface area contributed by atoms with Crippen molar-refractivity contribution in [3.63, 3.8) is 0 Å². The Balaban J connectivity index is 0.00000323. The summed E-state index contributed by atoms with van der Waals surface area (Å²) in [6.45, 7) is 4.99. The van der Waals surface area contributed by atoms with Crippen molar-refractivity contribution in [2.45, 2.75) is 51.9 Å². The van der Waals surface area contributed by atoms with Crippen molar-refractivity contribution in [2.24, 2.45) is 16.6 Å². The summed E-state index contributed by atoms with van der Waals surface area (Å²) in [5.41, 5.74) is 8.97. The molecule has 12 heteroatoms. The van der Waals surface area contributed by atoms with Crippen LogP contribution in [-0.4, -0.2) is 53.5 Å². The molecule has 0 unspecified atom stereocenters. The first-order chi connectivity index (χ1) is 19.8. The highest BCUT2D eigenvalue weighted by atomic mass is 32.1. The Morgan fingerprint density at radius 1 is 1.05 bits per heavy atom. The van der Waals surface area contributed by atoms with Crippen molar-refractivity contribution in [3.8, 4) is 11.6 Å². The van der Waals surface area contributed by atoms with Crippen LogP contribution in [-0.2, 0) is 32.2 Å². The van der Waals surface area contributed by atoms with Gasteiger partial charge in [-0.25, -0.2) is 14.8 Å². The number of aliphatic imine (C=N–C) groups is 1. The number of amides is 1. The summed E-state index contributed by atoms with van der Waals surface area (Å²) in [5.74, 6) is 0.872. The van der Waals surface area contributed by atoms with Crippen LogP contribution < -0.4 is 15.8 Å². The zero-order chi connectivity index (χ0) is 29.2. The SMILES string of the molecule is COC(=O)[C@H](COCc1ccccc1)NC(=O)CC[C@@H](C(C)C)N1Cc2cc(Oc3ccccc3)ncc2N=C1N.S.S. The van der Waals surface area contributed by atoms with E-state index in [1.807, 2.05) is 71.6 Å². The maximum absolute atomic E-state index is 12.9. The Morgan fingerprint density at radius 2 is 1.72 bits per heavy atom. The van der Waals surface area contributed by atoms with Crippen molar-refractivity contribution in [2.75, 3.05) is 13.7 Å². The third-order valence-electron chi connectivity index (χ3n) is 6.83. The maximum atomic E-state index is 12.9. The van der Waals surface area contributed by atoms with Crippen molar-refractivity contribution in [1.82, 2.24) is 15.2 Å². The van der Waals surface area contributed by atoms with Crippen molar-refractivity contribution in [3.05, 3.63) is 84.1 Å². The largest absolute Gasteiger partial charge is 0.467 e. The van der Waals surface area contributed by atoms with Gasteiger partial charge in [-0.05, 0) is 30.0 Å². The van der Waals surface area contributed by atoms with Gasteiger partial charge >= 0.3 is 5.97 Å². The number of esters is 1. The molecule has 10 nitrogen and oxygen atoms in total. The van der Waals surface area contributed by atoms with Gasteiger partial charge in [-0.2, -0.15) is 27.0 Å². The van der Waals surface area contributed by atoms with Gasteiger partial charge < -0.3 is 30.2 Å². The number of rotatable bonds is 13. The van der Waals surface area contributed by atoms with Crippen LogP contribution in [0.2, 0.25) is 0 Å². The lowest BCUT2D eigenvalue weighted by Gasteiger charge is -2.37. The Hall–Kier alpha value is -3.74. The first kappa shape index (κ1) is 35.5. The third-order valence-corrected chi connectivity index (χ3v) is 6.83. The number of aromatic nitrogens is 1. The van der Waals surface area contributed by atoms with Gasteiger partial charge in [-0.1, -0.05) is 62.4 Å². The van der Waals surface area contributed by atoms with Gasteiger partial charge in [0.15, 0.2) is 12.0 Å². The lowest BCUT2D eigenvalue weighted by molar-refractivity contribution is -0.147. The average molecular weight is 628 g/mol. The minimum absolute atomic E-state index is 0. The normalized spacial score (nSPS) is 13.4. The molecular formula is C31H41N5O5S2.